The molecular formula is C16H17BrFNO2. The maximum absolute atomic E-state index is 12.8. The number of nitrogens with one attached hydrogen (secondary N) is 1. The Morgan fingerprint density at radius 1 is 1.10 bits per heavy atom. The average Bonchev–Trinajstić information content (AvgIpc) is 2.48. The van der Waals surface area contributed by atoms with Crippen molar-refractivity contribution in [2.24, 2.45) is 0 Å². The van der Waals surface area contributed by atoms with Gasteiger partial charge in [0.05, 0.1) is 6.61 Å². The highest BCUT2D eigenvalue weighted by Gasteiger charge is 2.03. The third-order valence-corrected chi connectivity index (χ3v) is 3.61. The Labute approximate surface area is 132 Å². The maximum atomic E-state index is 12.8. The Morgan fingerprint density at radius 2 is 1.81 bits per heavy atom. The normalized spacial score (nSPS) is 10.6. The minimum absolute atomic E-state index is 0.277. The minimum Gasteiger partial charge on any atom is -0.457 e. The van der Waals surface area contributed by atoms with Crippen LogP contribution >= 0.6 is 15.9 Å². The second-order valence-corrected chi connectivity index (χ2v) is 5.33. The molecule has 112 valence electrons. The fourth-order valence-electron chi connectivity index (χ4n) is 1.77. The van der Waals surface area contributed by atoms with Gasteiger partial charge >= 0.3 is 0 Å². The van der Waals surface area contributed by atoms with Gasteiger partial charge in [-0.15, -0.1) is 0 Å². The quantitative estimate of drug-likeness (QED) is 0.759. The number of hydrogen-bond acceptors (Lipinski definition) is 3. The summed E-state index contributed by atoms with van der Waals surface area (Å²) < 4.78 is 24.5. The van der Waals surface area contributed by atoms with Crippen LogP contribution in [-0.4, -0.2) is 20.3 Å². The molecule has 0 saturated heterocycles. The summed E-state index contributed by atoms with van der Waals surface area (Å²) in [5.74, 6) is 1.03. The number of rotatable bonds is 7. The molecule has 0 radical (unpaired) electrons. The lowest BCUT2D eigenvalue weighted by Gasteiger charge is -2.10. The van der Waals surface area contributed by atoms with E-state index >= 15 is 0 Å². The molecule has 0 heterocycles. The van der Waals surface area contributed by atoms with Crippen molar-refractivity contribution in [1.29, 1.82) is 0 Å². The Morgan fingerprint density at radius 3 is 2.48 bits per heavy atom. The predicted octanol–water partition coefficient (Wildman–Crippen LogP) is 4.12. The number of benzene rings is 2. The van der Waals surface area contributed by atoms with Crippen molar-refractivity contribution >= 4 is 15.9 Å². The van der Waals surface area contributed by atoms with E-state index in [1.807, 2.05) is 18.2 Å². The summed E-state index contributed by atoms with van der Waals surface area (Å²) >= 11 is 3.53. The van der Waals surface area contributed by atoms with Crippen molar-refractivity contribution in [3.63, 3.8) is 0 Å². The molecular weight excluding hydrogens is 337 g/mol. The molecule has 0 aliphatic carbocycles. The van der Waals surface area contributed by atoms with Crippen molar-refractivity contribution in [3.05, 3.63) is 58.3 Å². The Bertz CT molecular complexity index is 575. The van der Waals surface area contributed by atoms with E-state index in [1.165, 1.54) is 12.1 Å². The van der Waals surface area contributed by atoms with Crippen LogP contribution in [0.1, 0.15) is 5.56 Å². The van der Waals surface area contributed by atoms with Crippen LogP contribution in [0.3, 0.4) is 0 Å². The summed E-state index contributed by atoms with van der Waals surface area (Å²) in [6.45, 7) is 2.24. The third-order valence-electron chi connectivity index (χ3n) is 2.87. The fraction of sp³-hybridized carbons (Fsp3) is 0.250. The summed E-state index contributed by atoms with van der Waals surface area (Å²) in [7, 11) is 1.68. The summed E-state index contributed by atoms with van der Waals surface area (Å²) in [5, 5.41) is 3.28. The van der Waals surface area contributed by atoms with Crippen molar-refractivity contribution in [2.75, 3.05) is 20.3 Å². The van der Waals surface area contributed by atoms with Crippen LogP contribution < -0.4 is 10.1 Å². The fourth-order valence-corrected chi connectivity index (χ4v) is 2.27. The van der Waals surface area contributed by atoms with E-state index in [2.05, 4.69) is 21.2 Å². The predicted molar refractivity (Wildman–Crippen MR) is 84.2 cm³/mol. The Kier molecular flexibility index (Phi) is 6.17. The van der Waals surface area contributed by atoms with Crippen LogP contribution in [0.2, 0.25) is 0 Å². The highest BCUT2D eigenvalue weighted by atomic mass is 79.9. The van der Waals surface area contributed by atoms with Crippen LogP contribution in [-0.2, 0) is 11.3 Å². The van der Waals surface area contributed by atoms with E-state index < -0.39 is 0 Å². The van der Waals surface area contributed by atoms with Crippen LogP contribution in [0.25, 0.3) is 0 Å². The standard InChI is InChI=1S/C16H17BrFNO2/c1-20-9-8-19-11-12-2-5-15(10-16(12)17)21-14-6-3-13(18)4-7-14/h2-7,10,19H,8-9,11H2,1H3. The Balaban J connectivity index is 1.96. The molecule has 3 nitrogen and oxygen atoms in total. The molecule has 0 unspecified atom stereocenters. The van der Waals surface area contributed by atoms with Crippen LogP contribution in [0.4, 0.5) is 4.39 Å². The van der Waals surface area contributed by atoms with Crippen LogP contribution in [0.5, 0.6) is 11.5 Å². The van der Waals surface area contributed by atoms with E-state index in [4.69, 9.17) is 9.47 Å². The van der Waals surface area contributed by atoms with Gasteiger partial charge in [0.1, 0.15) is 17.3 Å². The molecule has 0 amide bonds. The first kappa shape index (κ1) is 15.9. The second-order valence-electron chi connectivity index (χ2n) is 4.48. The lowest BCUT2D eigenvalue weighted by Crippen LogP contribution is -2.18. The summed E-state index contributed by atoms with van der Waals surface area (Å²) in [5.41, 5.74) is 1.14. The highest BCUT2D eigenvalue weighted by Crippen LogP contribution is 2.27. The van der Waals surface area contributed by atoms with Gasteiger partial charge in [0, 0.05) is 24.7 Å². The number of ether oxygens (including phenoxy) is 2. The molecule has 0 spiro atoms. The third kappa shape index (κ3) is 5.12. The number of hydrogen-bond donors (Lipinski definition) is 1. The van der Waals surface area contributed by atoms with E-state index in [0.717, 1.165) is 23.1 Å². The molecule has 0 aromatic heterocycles. The van der Waals surface area contributed by atoms with Gasteiger partial charge in [-0.2, -0.15) is 0 Å². The maximum Gasteiger partial charge on any atom is 0.128 e. The first-order valence-electron chi connectivity index (χ1n) is 6.60. The summed E-state index contributed by atoms with van der Waals surface area (Å²) in [6.07, 6.45) is 0. The second kappa shape index (κ2) is 8.12. The van der Waals surface area contributed by atoms with E-state index in [0.29, 0.717) is 18.1 Å². The minimum atomic E-state index is -0.277. The number of halogens is 2. The summed E-state index contributed by atoms with van der Waals surface area (Å²) in [4.78, 5) is 0. The van der Waals surface area contributed by atoms with E-state index in [9.17, 15) is 4.39 Å². The van der Waals surface area contributed by atoms with E-state index in [-0.39, 0.29) is 5.82 Å². The molecule has 2 aromatic rings. The smallest absolute Gasteiger partial charge is 0.128 e. The SMILES string of the molecule is COCCNCc1ccc(Oc2ccc(F)cc2)cc1Br. The molecule has 2 aromatic carbocycles. The number of methoxy groups -OCH3 is 1. The zero-order valence-corrected chi connectivity index (χ0v) is 13.3. The van der Waals surface area contributed by atoms with Crippen molar-refractivity contribution in [3.8, 4) is 11.5 Å². The molecule has 0 bridgehead atoms. The zero-order valence-electron chi connectivity index (χ0n) is 11.7. The monoisotopic (exact) mass is 353 g/mol. The largest absolute Gasteiger partial charge is 0.457 e. The van der Waals surface area contributed by atoms with Gasteiger partial charge < -0.3 is 14.8 Å². The molecule has 0 saturated carbocycles. The van der Waals surface area contributed by atoms with Crippen molar-refractivity contribution < 1.29 is 13.9 Å². The lowest BCUT2D eigenvalue weighted by atomic mass is 10.2. The molecule has 0 aliphatic heterocycles. The Hall–Kier alpha value is -1.43. The lowest BCUT2D eigenvalue weighted by molar-refractivity contribution is 0.199. The van der Waals surface area contributed by atoms with Gasteiger partial charge in [-0.3, -0.25) is 0 Å². The van der Waals surface area contributed by atoms with Gasteiger partial charge in [0.2, 0.25) is 0 Å². The van der Waals surface area contributed by atoms with Crippen LogP contribution in [0, 0.1) is 5.82 Å². The first-order chi connectivity index (χ1) is 10.2. The molecule has 2 rings (SSSR count). The van der Waals surface area contributed by atoms with Gasteiger partial charge in [-0.25, -0.2) is 4.39 Å². The summed E-state index contributed by atoms with van der Waals surface area (Å²) in [6, 6.07) is 11.7. The highest BCUT2D eigenvalue weighted by molar-refractivity contribution is 9.10. The van der Waals surface area contributed by atoms with Gasteiger partial charge in [-0.1, -0.05) is 22.0 Å². The van der Waals surface area contributed by atoms with E-state index in [1.54, 1.807) is 19.2 Å². The first-order valence-corrected chi connectivity index (χ1v) is 7.40. The van der Waals surface area contributed by atoms with Gasteiger partial charge in [0.15, 0.2) is 0 Å². The molecule has 5 heteroatoms. The van der Waals surface area contributed by atoms with Gasteiger partial charge in [-0.05, 0) is 42.0 Å². The molecule has 0 atom stereocenters. The average molecular weight is 354 g/mol. The van der Waals surface area contributed by atoms with Gasteiger partial charge in [0.25, 0.3) is 0 Å². The van der Waals surface area contributed by atoms with Crippen molar-refractivity contribution in [2.45, 2.75) is 6.54 Å². The molecule has 0 fully saturated rings. The molecule has 0 aliphatic rings. The zero-order chi connectivity index (χ0) is 15.1. The molecule has 21 heavy (non-hydrogen) atoms. The van der Waals surface area contributed by atoms with Crippen molar-refractivity contribution in [1.82, 2.24) is 5.32 Å². The topological polar surface area (TPSA) is 30.5 Å². The van der Waals surface area contributed by atoms with Crippen LogP contribution in [0.15, 0.2) is 46.9 Å². The molecule has 1 N–H and O–H groups in total.